The predicted octanol–water partition coefficient (Wildman–Crippen LogP) is 2.02. The highest BCUT2D eigenvalue weighted by Gasteiger charge is 2.28. The van der Waals surface area contributed by atoms with Gasteiger partial charge >= 0.3 is 0 Å². The SMILES string of the molecule is Nc1nc2c(Cl)cccc2n1C1CCCS(=O)(=O)C1. The fourth-order valence-electron chi connectivity index (χ4n) is 2.69. The Bertz CT molecular complexity index is 739. The van der Waals surface area contributed by atoms with E-state index in [1.54, 1.807) is 10.6 Å². The third-order valence-corrected chi connectivity index (χ3v) is 5.61. The van der Waals surface area contributed by atoms with Crippen LogP contribution >= 0.6 is 11.6 Å². The standard InChI is InChI=1S/C12H14ClN3O2S/c13-9-4-1-5-10-11(9)15-12(14)16(10)8-3-2-6-19(17,18)7-8/h1,4-5,8H,2-3,6-7H2,(H2,14,15). The highest BCUT2D eigenvalue weighted by molar-refractivity contribution is 7.91. The third kappa shape index (κ3) is 2.19. The van der Waals surface area contributed by atoms with E-state index in [4.69, 9.17) is 17.3 Å². The zero-order chi connectivity index (χ0) is 13.6. The van der Waals surface area contributed by atoms with Crippen LogP contribution in [-0.2, 0) is 9.84 Å². The Hall–Kier alpha value is -1.27. The van der Waals surface area contributed by atoms with Crippen molar-refractivity contribution in [3.8, 4) is 0 Å². The van der Waals surface area contributed by atoms with E-state index in [0.717, 1.165) is 11.9 Å². The number of halogens is 1. The zero-order valence-corrected chi connectivity index (χ0v) is 11.8. The molecule has 0 bridgehead atoms. The van der Waals surface area contributed by atoms with Gasteiger partial charge in [-0.2, -0.15) is 0 Å². The van der Waals surface area contributed by atoms with Crippen LogP contribution in [0.1, 0.15) is 18.9 Å². The number of rotatable bonds is 1. The first-order valence-electron chi connectivity index (χ1n) is 6.10. The number of aromatic nitrogens is 2. The molecule has 1 fully saturated rings. The fraction of sp³-hybridized carbons (Fsp3) is 0.417. The average molecular weight is 300 g/mol. The van der Waals surface area contributed by atoms with Crippen molar-refractivity contribution in [2.75, 3.05) is 17.2 Å². The molecule has 0 radical (unpaired) electrons. The molecule has 0 aliphatic carbocycles. The van der Waals surface area contributed by atoms with E-state index in [1.807, 2.05) is 12.1 Å². The number of hydrogen-bond acceptors (Lipinski definition) is 4. The first kappa shape index (κ1) is 12.7. The van der Waals surface area contributed by atoms with Gasteiger partial charge in [0.15, 0.2) is 9.84 Å². The average Bonchev–Trinajstić information content (AvgIpc) is 2.66. The van der Waals surface area contributed by atoms with Crippen molar-refractivity contribution < 1.29 is 8.42 Å². The van der Waals surface area contributed by atoms with Crippen LogP contribution in [0.3, 0.4) is 0 Å². The normalized spacial score (nSPS) is 22.7. The van der Waals surface area contributed by atoms with Crippen LogP contribution < -0.4 is 5.73 Å². The summed E-state index contributed by atoms with van der Waals surface area (Å²) < 4.78 is 25.3. The van der Waals surface area contributed by atoms with Gasteiger partial charge in [-0.05, 0) is 25.0 Å². The number of anilines is 1. The van der Waals surface area contributed by atoms with E-state index in [1.165, 1.54) is 0 Å². The van der Waals surface area contributed by atoms with Gasteiger partial charge < -0.3 is 10.3 Å². The summed E-state index contributed by atoms with van der Waals surface area (Å²) in [6, 6.07) is 5.28. The number of nitrogens with two attached hydrogens (primary N) is 1. The maximum absolute atomic E-state index is 11.8. The van der Waals surface area contributed by atoms with Gasteiger partial charge in [0.1, 0.15) is 5.52 Å². The van der Waals surface area contributed by atoms with Crippen LogP contribution in [0.2, 0.25) is 5.02 Å². The maximum Gasteiger partial charge on any atom is 0.201 e. The van der Waals surface area contributed by atoms with Crippen LogP contribution in [0.4, 0.5) is 5.95 Å². The topological polar surface area (TPSA) is 78.0 Å². The molecule has 1 aromatic heterocycles. The van der Waals surface area contributed by atoms with Crippen molar-refractivity contribution in [2.24, 2.45) is 0 Å². The Morgan fingerprint density at radius 2 is 2.21 bits per heavy atom. The Labute approximate surface area is 116 Å². The summed E-state index contributed by atoms with van der Waals surface area (Å²) in [5.41, 5.74) is 7.37. The second-order valence-corrected chi connectivity index (χ2v) is 7.49. The largest absolute Gasteiger partial charge is 0.369 e. The van der Waals surface area contributed by atoms with E-state index in [0.29, 0.717) is 22.9 Å². The first-order valence-corrected chi connectivity index (χ1v) is 8.30. The van der Waals surface area contributed by atoms with Gasteiger partial charge in [0, 0.05) is 0 Å². The molecule has 2 N–H and O–H groups in total. The first-order chi connectivity index (χ1) is 8.98. The number of hydrogen-bond donors (Lipinski definition) is 1. The quantitative estimate of drug-likeness (QED) is 0.874. The van der Waals surface area contributed by atoms with E-state index in [2.05, 4.69) is 4.98 Å². The molecule has 1 aliphatic heterocycles. The number of nitrogens with zero attached hydrogens (tertiary/aromatic N) is 2. The molecule has 5 nitrogen and oxygen atoms in total. The zero-order valence-electron chi connectivity index (χ0n) is 10.2. The van der Waals surface area contributed by atoms with Crippen molar-refractivity contribution in [3.05, 3.63) is 23.2 Å². The molecule has 1 unspecified atom stereocenters. The lowest BCUT2D eigenvalue weighted by Crippen LogP contribution is -2.28. The Balaban J connectivity index is 2.15. The molecule has 7 heteroatoms. The van der Waals surface area contributed by atoms with E-state index in [-0.39, 0.29) is 17.5 Å². The summed E-state index contributed by atoms with van der Waals surface area (Å²) in [5, 5.41) is 0.529. The number of nitrogen functional groups attached to an aromatic ring is 1. The Morgan fingerprint density at radius 1 is 1.42 bits per heavy atom. The minimum Gasteiger partial charge on any atom is -0.369 e. The van der Waals surface area contributed by atoms with Gasteiger partial charge in [-0.15, -0.1) is 0 Å². The lowest BCUT2D eigenvalue weighted by atomic mass is 10.1. The van der Waals surface area contributed by atoms with Crippen molar-refractivity contribution in [2.45, 2.75) is 18.9 Å². The minimum absolute atomic E-state index is 0.120. The fourth-order valence-corrected chi connectivity index (χ4v) is 4.57. The van der Waals surface area contributed by atoms with Crippen molar-refractivity contribution >= 4 is 38.4 Å². The van der Waals surface area contributed by atoms with Crippen LogP contribution in [0.25, 0.3) is 11.0 Å². The molecule has 3 rings (SSSR count). The number of sulfone groups is 1. The van der Waals surface area contributed by atoms with Crippen molar-refractivity contribution in [1.29, 1.82) is 0 Å². The van der Waals surface area contributed by atoms with E-state index in [9.17, 15) is 8.42 Å². The smallest absolute Gasteiger partial charge is 0.201 e. The van der Waals surface area contributed by atoms with Crippen LogP contribution in [0.5, 0.6) is 0 Å². The molecule has 1 aliphatic rings. The molecule has 0 saturated carbocycles. The van der Waals surface area contributed by atoms with Gasteiger partial charge in [-0.3, -0.25) is 0 Å². The van der Waals surface area contributed by atoms with E-state index >= 15 is 0 Å². The minimum atomic E-state index is -2.99. The summed E-state index contributed by atoms with van der Waals surface area (Å²) in [4.78, 5) is 4.25. The van der Waals surface area contributed by atoms with Gasteiger partial charge in [0.25, 0.3) is 0 Å². The molecule has 2 aromatic rings. The van der Waals surface area contributed by atoms with E-state index < -0.39 is 9.84 Å². The number of fused-ring (bicyclic) bond motifs is 1. The summed E-state index contributed by atoms with van der Waals surface area (Å²) in [6.07, 6.45) is 1.45. The second-order valence-electron chi connectivity index (χ2n) is 4.86. The van der Waals surface area contributed by atoms with Crippen molar-refractivity contribution in [3.63, 3.8) is 0 Å². The molecular weight excluding hydrogens is 286 g/mol. The summed E-state index contributed by atoms with van der Waals surface area (Å²) in [5.74, 6) is 0.705. The molecule has 102 valence electrons. The molecule has 0 amide bonds. The monoisotopic (exact) mass is 299 g/mol. The lowest BCUT2D eigenvalue weighted by Gasteiger charge is -2.24. The van der Waals surface area contributed by atoms with Gasteiger partial charge in [0.2, 0.25) is 5.95 Å². The summed E-state index contributed by atoms with van der Waals surface area (Å²) in [6.45, 7) is 0. The Kier molecular flexibility index (Phi) is 2.94. The second kappa shape index (κ2) is 4.38. The molecule has 1 atom stereocenters. The lowest BCUT2D eigenvalue weighted by molar-refractivity contribution is 0.483. The Morgan fingerprint density at radius 3 is 2.95 bits per heavy atom. The summed E-state index contributed by atoms with van der Waals surface area (Å²) in [7, 11) is -2.99. The number of imidazole rings is 1. The maximum atomic E-state index is 11.8. The highest BCUT2D eigenvalue weighted by atomic mass is 35.5. The molecule has 19 heavy (non-hydrogen) atoms. The van der Waals surface area contributed by atoms with Crippen LogP contribution in [-0.4, -0.2) is 29.5 Å². The molecular formula is C12H14ClN3O2S. The van der Waals surface area contributed by atoms with Crippen LogP contribution in [0.15, 0.2) is 18.2 Å². The van der Waals surface area contributed by atoms with Gasteiger partial charge in [0.05, 0.1) is 28.1 Å². The number of para-hydroxylation sites is 1. The van der Waals surface area contributed by atoms with Crippen LogP contribution in [0, 0.1) is 0 Å². The third-order valence-electron chi connectivity index (χ3n) is 3.50. The summed E-state index contributed by atoms with van der Waals surface area (Å²) >= 11 is 6.09. The van der Waals surface area contributed by atoms with Crippen molar-refractivity contribution in [1.82, 2.24) is 9.55 Å². The van der Waals surface area contributed by atoms with Gasteiger partial charge in [-0.1, -0.05) is 17.7 Å². The molecule has 1 aromatic carbocycles. The molecule has 2 heterocycles. The predicted molar refractivity (Wildman–Crippen MR) is 76.1 cm³/mol. The highest BCUT2D eigenvalue weighted by Crippen LogP contribution is 2.32. The molecule has 0 spiro atoms. The van der Waals surface area contributed by atoms with Gasteiger partial charge in [-0.25, -0.2) is 13.4 Å². The number of benzene rings is 1. The molecule has 1 saturated heterocycles.